The predicted molar refractivity (Wildman–Crippen MR) is 149 cm³/mol. The highest BCUT2D eigenvalue weighted by Gasteiger charge is 2.24. The Morgan fingerprint density at radius 1 is 1.28 bits per heavy atom. The average molecular weight is 500 g/mol. The van der Waals surface area contributed by atoms with Gasteiger partial charge in [-0.05, 0) is 38.1 Å². The van der Waals surface area contributed by atoms with Crippen LogP contribution in [0.3, 0.4) is 0 Å². The minimum Gasteiger partial charge on any atom is -0.341 e. The molecular weight excluding hydrogens is 470 g/mol. The molecular formula is C27H29N7OS. The number of piperidine rings is 1. The molecule has 5 rings (SSSR count). The maximum absolute atomic E-state index is 13.6. The monoisotopic (exact) mass is 499 g/mol. The molecule has 0 saturated carbocycles. The Morgan fingerprint density at radius 3 is 2.92 bits per heavy atom. The molecule has 1 atom stereocenters. The van der Waals surface area contributed by atoms with E-state index in [2.05, 4.69) is 34.5 Å². The van der Waals surface area contributed by atoms with Gasteiger partial charge in [-0.2, -0.15) is 5.10 Å². The lowest BCUT2D eigenvalue weighted by molar-refractivity contribution is 0.496. The Labute approximate surface area is 215 Å². The van der Waals surface area contributed by atoms with Gasteiger partial charge in [-0.15, -0.1) is 18.5 Å². The summed E-state index contributed by atoms with van der Waals surface area (Å²) in [5.41, 5.74) is 8.59. The zero-order chi connectivity index (χ0) is 25.2. The second kappa shape index (κ2) is 10.2. The molecule has 0 bridgehead atoms. The first-order valence-corrected chi connectivity index (χ1v) is 12.5. The van der Waals surface area contributed by atoms with Crippen molar-refractivity contribution in [3.8, 4) is 11.8 Å². The Balaban J connectivity index is 1.55. The number of thiol groups is 1. The zero-order valence-electron chi connectivity index (χ0n) is 20.5. The van der Waals surface area contributed by atoms with E-state index in [1.54, 1.807) is 13.1 Å². The first kappa shape index (κ1) is 24.1. The van der Waals surface area contributed by atoms with E-state index in [-0.39, 0.29) is 18.1 Å². The van der Waals surface area contributed by atoms with Crippen molar-refractivity contribution in [2.24, 2.45) is 10.7 Å². The molecule has 36 heavy (non-hydrogen) atoms. The van der Waals surface area contributed by atoms with Gasteiger partial charge in [0.05, 0.1) is 25.0 Å². The number of aromatic nitrogens is 4. The predicted octanol–water partition coefficient (Wildman–Crippen LogP) is 3.78. The molecule has 9 heteroatoms. The van der Waals surface area contributed by atoms with E-state index in [1.807, 2.05) is 47.9 Å². The molecule has 1 aliphatic heterocycles. The Morgan fingerprint density at radius 2 is 2.11 bits per heavy atom. The third-order valence-corrected chi connectivity index (χ3v) is 6.81. The van der Waals surface area contributed by atoms with Crippen LogP contribution >= 0.6 is 12.6 Å². The molecule has 0 spiro atoms. The van der Waals surface area contributed by atoms with Crippen LogP contribution < -0.4 is 16.2 Å². The highest BCUT2D eigenvalue weighted by atomic mass is 32.1. The van der Waals surface area contributed by atoms with Crippen LogP contribution in [0.4, 0.5) is 11.6 Å². The number of nitrogens with two attached hydrogens (primary N) is 1. The summed E-state index contributed by atoms with van der Waals surface area (Å²) in [4.78, 5) is 26.2. The summed E-state index contributed by atoms with van der Waals surface area (Å²) in [6, 6.07) is 12.1. The van der Waals surface area contributed by atoms with Crippen LogP contribution in [0.25, 0.3) is 21.8 Å². The summed E-state index contributed by atoms with van der Waals surface area (Å²) >= 11 is 4.62. The van der Waals surface area contributed by atoms with Gasteiger partial charge in [0.2, 0.25) is 5.95 Å². The smallest absolute Gasteiger partial charge is 0.293 e. The molecule has 2 aromatic carbocycles. The lowest BCUT2D eigenvalue weighted by Gasteiger charge is -2.31. The zero-order valence-corrected chi connectivity index (χ0v) is 21.4. The van der Waals surface area contributed by atoms with E-state index in [1.165, 1.54) is 4.68 Å². The second-order valence-electron chi connectivity index (χ2n) is 9.12. The maximum Gasteiger partial charge on any atom is 0.293 e. The minimum atomic E-state index is -0.218. The number of aliphatic imine (C=N–C) groups is 1. The number of anilines is 1. The van der Waals surface area contributed by atoms with Crippen LogP contribution in [-0.2, 0) is 13.1 Å². The quantitative estimate of drug-likeness (QED) is 0.248. The molecule has 3 heterocycles. The Hall–Kier alpha value is -3.61. The molecule has 184 valence electrons. The van der Waals surface area contributed by atoms with E-state index in [9.17, 15) is 4.79 Å². The third kappa shape index (κ3) is 4.62. The summed E-state index contributed by atoms with van der Waals surface area (Å²) in [6.07, 6.45) is 3.63. The summed E-state index contributed by atoms with van der Waals surface area (Å²) in [7, 11) is 0. The van der Waals surface area contributed by atoms with Crippen molar-refractivity contribution in [2.75, 3.05) is 18.0 Å². The highest BCUT2D eigenvalue weighted by molar-refractivity contribution is 7.80. The molecule has 2 N–H and O–H groups in total. The number of hydrogen-bond acceptors (Lipinski definition) is 7. The number of benzene rings is 2. The molecule has 4 aromatic rings. The second-order valence-corrected chi connectivity index (χ2v) is 9.60. The summed E-state index contributed by atoms with van der Waals surface area (Å²) in [5.74, 6) is 6.74. The Bertz CT molecular complexity index is 1590. The normalized spacial score (nSPS) is 16.4. The van der Waals surface area contributed by atoms with Crippen LogP contribution in [-0.4, -0.2) is 44.2 Å². The number of nitrogens with zero attached hydrogens (tertiary/aromatic N) is 6. The van der Waals surface area contributed by atoms with E-state index < -0.39 is 0 Å². The van der Waals surface area contributed by atoms with Crippen LogP contribution in [0.1, 0.15) is 26.7 Å². The molecule has 1 fully saturated rings. The SMILES string of the molecule is CC#CCn1c(N2CCCC(N)C2)nc2cnn(CC(C)=Nc3c(S)ccc4ccccc34)c(=O)c21. The molecule has 0 aliphatic carbocycles. The Kier molecular flexibility index (Phi) is 6.81. The summed E-state index contributed by atoms with van der Waals surface area (Å²) in [5, 5.41) is 6.52. The number of hydrogen-bond donors (Lipinski definition) is 2. The highest BCUT2D eigenvalue weighted by Crippen LogP contribution is 2.32. The third-order valence-electron chi connectivity index (χ3n) is 6.45. The minimum absolute atomic E-state index is 0.0868. The fourth-order valence-corrected chi connectivity index (χ4v) is 4.98. The van der Waals surface area contributed by atoms with E-state index in [4.69, 9.17) is 15.7 Å². The van der Waals surface area contributed by atoms with Crippen LogP contribution in [0.2, 0.25) is 0 Å². The van der Waals surface area contributed by atoms with E-state index in [0.29, 0.717) is 24.1 Å². The number of rotatable bonds is 5. The van der Waals surface area contributed by atoms with Crippen molar-refractivity contribution in [3.63, 3.8) is 0 Å². The summed E-state index contributed by atoms with van der Waals surface area (Å²) < 4.78 is 3.33. The first-order chi connectivity index (χ1) is 17.5. The van der Waals surface area contributed by atoms with Crippen molar-refractivity contribution in [3.05, 3.63) is 52.9 Å². The summed E-state index contributed by atoms with van der Waals surface area (Å²) in [6.45, 7) is 5.86. The van der Waals surface area contributed by atoms with Gasteiger partial charge in [0.25, 0.3) is 5.56 Å². The van der Waals surface area contributed by atoms with Gasteiger partial charge in [0, 0.05) is 35.1 Å². The largest absolute Gasteiger partial charge is 0.341 e. The standard InChI is InChI=1S/C27H29N7OS/c1-3-4-14-33-25-22(31-27(33)32-13-7-9-20(28)17-32)15-29-34(26(25)35)16-18(2)30-24-21-10-6-5-8-19(21)11-12-23(24)36/h5-6,8,10-12,15,20,36H,7,9,13-14,16-17,28H2,1-2H3. The molecule has 0 radical (unpaired) electrons. The van der Waals surface area contributed by atoms with Gasteiger partial charge >= 0.3 is 0 Å². The van der Waals surface area contributed by atoms with Crippen molar-refractivity contribution in [1.29, 1.82) is 0 Å². The molecule has 8 nitrogen and oxygen atoms in total. The number of imidazole rings is 1. The number of fused-ring (bicyclic) bond motifs is 2. The van der Waals surface area contributed by atoms with Gasteiger partial charge in [-0.25, -0.2) is 9.67 Å². The molecule has 0 amide bonds. The lowest BCUT2D eigenvalue weighted by Crippen LogP contribution is -2.44. The van der Waals surface area contributed by atoms with Crippen molar-refractivity contribution in [1.82, 2.24) is 19.3 Å². The lowest BCUT2D eigenvalue weighted by atomic mass is 10.1. The van der Waals surface area contributed by atoms with Gasteiger partial charge in [-0.1, -0.05) is 36.3 Å². The topological polar surface area (TPSA) is 94.3 Å². The molecule has 1 saturated heterocycles. The molecule has 2 aromatic heterocycles. The van der Waals surface area contributed by atoms with Crippen LogP contribution in [0.5, 0.6) is 0 Å². The van der Waals surface area contributed by atoms with Gasteiger partial charge in [0.15, 0.2) is 0 Å². The fourth-order valence-electron chi connectivity index (χ4n) is 4.73. The van der Waals surface area contributed by atoms with Crippen molar-refractivity contribution >= 4 is 51.8 Å². The molecule has 1 unspecified atom stereocenters. The van der Waals surface area contributed by atoms with Gasteiger partial charge in [-0.3, -0.25) is 14.4 Å². The van der Waals surface area contributed by atoms with Crippen molar-refractivity contribution < 1.29 is 0 Å². The first-order valence-electron chi connectivity index (χ1n) is 12.1. The van der Waals surface area contributed by atoms with E-state index >= 15 is 0 Å². The van der Waals surface area contributed by atoms with Gasteiger partial charge < -0.3 is 10.6 Å². The van der Waals surface area contributed by atoms with Gasteiger partial charge in [0.1, 0.15) is 11.0 Å². The van der Waals surface area contributed by atoms with Crippen LogP contribution in [0.15, 0.2) is 57.3 Å². The van der Waals surface area contributed by atoms with Crippen molar-refractivity contribution in [2.45, 2.75) is 50.7 Å². The maximum atomic E-state index is 13.6. The fraction of sp³-hybridized carbons (Fsp3) is 0.333. The van der Waals surface area contributed by atoms with E-state index in [0.717, 1.165) is 52.4 Å². The molecule has 1 aliphatic rings. The van der Waals surface area contributed by atoms with Crippen LogP contribution in [0, 0.1) is 11.8 Å². The average Bonchev–Trinajstić information content (AvgIpc) is 3.25.